The third-order valence-electron chi connectivity index (χ3n) is 4.44. The van der Waals surface area contributed by atoms with Crippen molar-refractivity contribution in [3.8, 4) is 5.75 Å². The number of pyridine rings is 1. The van der Waals surface area contributed by atoms with Crippen molar-refractivity contribution in [2.24, 2.45) is 0 Å². The summed E-state index contributed by atoms with van der Waals surface area (Å²) in [6.45, 7) is 3.42. The number of esters is 1. The van der Waals surface area contributed by atoms with Crippen LogP contribution in [0.3, 0.4) is 0 Å². The molecule has 1 aromatic carbocycles. The van der Waals surface area contributed by atoms with Crippen LogP contribution in [0.15, 0.2) is 44.3 Å². The van der Waals surface area contributed by atoms with Crippen LogP contribution in [0.4, 0.5) is 0 Å². The van der Waals surface area contributed by atoms with Gasteiger partial charge < -0.3 is 19.2 Å². The first kappa shape index (κ1) is 18.4. The first-order valence-corrected chi connectivity index (χ1v) is 8.34. The van der Waals surface area contributed by atoms with Crippen molar-refractivity contribution < 1.29 is 19.1 Å². The Kier molecular flexibility index (Phi) is 4.85. The Bertz CT molecular complexity index is 1140. The molecule has 1 atom stereocenters. The summed E-state index contributed by atoms with van der Waals surface area (Å²) in [7, 11) is 1.21. The molecular weight excluding hydrogens is 350 g/mol. The van der Waals surface area contributed by atoms with E-state index in [1.165, 1.54) is 20.1 Å². The van der Waals surface area contributed by atoms with Gasteiger partial charge in [-0.3, -0.25) is 9.59 Å². The van der Waals surface area contributed by atoms with Crippen LogP contribution < -0.4 is 11.2 Å². The van der Waals surface area contributed by atoms with Gasteiger partial charge in [0.05, 0.1) is 19.1 Å². The van der Waals surface area contributed by atoms with Crippen LogP contribution in [-0.4, -0.2) is 23.2 Å². The molecule has 140 valence electrons. The summed E-state index contributed by atoms with van der Waals surface area (Å²) in [5, 5.41) is 11.0. The molecule has 0 amide bonds. The van der Waals surface area contributed by atoms with Gasteiger partial charge in [0.1, 0.15) is 11.5 Å². The number of hydrogen-bond donors (Lipinski definition) is 2. The topological polar surface area (TPSA) is 110 Å². The van der Waals surface area contributed by atoms with Gasteiger partial charge in [-0.15, -0.1) is 0 Å². The van der Waals surface area contributed by atoms with Gasteiger partial charge in [-0.1, -0.05) is 12.1 Å². The minimum absolute atomic E-state index is 0.150. The number of aromatic amines is 1. The maximum absolute atomic E-state index is 12.7. The molecule has 2 aromatic heterocycles. The lowest BCUT2D eigenvalue weighted by molar-refractivity contribution is -0.140. The average molecular weight is 369 g/mol. The lowest BCUT2D eigenvalue weighted by Gasteiger charge is -2.17. The molecule has 0 fully saturated rings. The van der Waals surface area contributed by atoms with Crippen molar-refractivity contribution in [1.29, 1.82) is 0 Å². The summed E-state index contributed by atoms with van der Waals surface area (Å²) in [6.07, 6.45) is -0.293. The fourth-order valence-corrected chi connectivity index (χ4v) is 3.13. The van der Waals surface area contributed by atoms with Gasteiger partial charge in [0, 0.05) is 23.1 Å². The predicted molar refractivity (Wildman–Crippen MR) is 99.2 cm³/mol. The highest BCUT2D eigenvalue weighted by Crippen LogP contribution is 2.31. The first-order chi connectivity index (χ1) is 12.8. The van der Waals surface area contributed by atoms with E-state index in [1.807, 2.05) is 25.1 Å². The molecule has 0 aliphatic heterocycles. The van der Waals surface area contributed by atoms with E-state index in [1.54, 1.807) is 6.07 Å². The van der Waals surface area contributed by atoms with E-state index < -0.39 is 23.1 Å². The monoisotopic (exact) mass is 369 g/mol. The summed E-state index contributed by atoms with van der Waals surface area (Å²) < 4.78 is 9.77. The lowest BCUT2D eigenvalue weighted by atomic mass is 9.89. The zero-order valence-electron chi connectivity index (χ0n) is 15.2. The summed E-state index contributed by atoms with van der Waals surface area (Å²) in [4.78, 5) is 39.8. The van der Waals surface area contributed by atoms with Crippen molar-refractivity contribution in [1.82, 2.24) is 4.98 Å². The largest absolute Gasteiger partial charge is 0.507 e. The number of methoxy groups -OCH3 is 1. The Hall–Kier alpha value is -3.35. The number of carbonyl (C=O) groups excluding carboxylic acids is 1. The minimum atomic E-state index is -1.01. The van der Waals surface area contributed by atoms with E-state index >= 15 is 0 Å². The molecule has 3 rings (SSSR count). The quantitative estimate of drug-likeness (QED) is 0.684. The Balaban J connectivity index is 2.26. The van der Waals surface area contributed by atoms with Crippen LogP contribution >= 0.6 is 0 Å². The molecule has 0 radical (unpaired) electrons. The Morgan fingerprint density at radius 1 is 1.22 bits per heavy atom. The molecule has 0 aliphatic carbocycles. The smallest absolute Gasteiger partial charge is 0.343 e. The lowest BCUT2D eigenvalue weighted by Crippen LogP contribution is -2.24. The number of aromatic nitrogens is 1. The minimum Gasteiger partial charge on any atom is -0.507 e. The maximum Gasteiger partial charge on any atom is 0.343 e. The number of benzene rings is 1. The second-order valence-electron chi connectivity index (χ2n) is 6.42. The molecule has 0 bridgehead atoms. The second kappa shape index (κ2) is 7.11. The zero-order valence-corrected chi connectivity index (χ0v) is 15.2. The van der Waals surface area contributed by atoms with Crippen molar-refractivity contribution >= 4 is 16.9 Å². The van der Waals surface area contributed by atoms with Crippen LogP contribution in [0.2, 0.25) is 0 Å². The molecule has 2 heterocycles. The highest BCUT2D eigenvalue weighted by molar-refractivity contribution is 5.80. The summed E-state index contributed by atoms with van der Waals surface area (Å²) >= 11 is 0. The van der Waals surface area contributed by atoms with Crippen molar-refractivity contribution in [2.45, 2.75) is 26.2 Å². The van der Waals surface area contributed by atoms with Crippen molar-refractivity contribution in [3.63, 3.8) is 0 Å². The number of H-pyrrole nitrogens is 1. The fourth-order valence-electron chi connectivity index (χ4n) is 3.13. The second-order valence-corrected chi connectivity index (χ2v) is 6.42. The van der Waals surface area contributed by atoms with Gasteiger partial charge in [0.25, 0.3) is 5.56 Å². The average Bonchev–Trinajstić information content (AvgIpc) is 2.59. The third-order valence-corrected chi connectivity index (χ3v) is 4.44. The van der Waals surface area contributed by atoms with E-state index in [2.05, 4.69) is 4.98 Å². The van der Waals surface area contributed by atoms with E-state index in [-0.39, 0.29) is 29.1 Å². The number of hydrogen-bond acceptors (Lipinski definition) is 6. The molecule has 0 aliphatic rings. The van der Waals surface area contributed by atoms with Crippen LogP contribution in [0, 0.1) is 13.8 Å². The fraction of sp³-hybridized carbons (Fsp3) is 0.250. The zero-order chi connectivity index (χ0) is 19.7. The highest BCUT2D eigenvalue weighted by Gasteiger charge is 2.28. The number of ether oxygens (including phenoxy) is 1. The van der Waals surface area contributed by atoms with Gasteiger partial charge in [-0.2, -0.15) is 0 Å². The van der Waals surface area contributed by atoms with Crippen LogP contribution in [0.25, 0.3) is 10.9 Å². The Morgan fingerprint density at radius 3 is 2.63 bits per heavy atom. The van der Waals surface area contributed by atoms with Crippen molar-refractivity contribution in [2.75, 3.05) is 7.11 Å². The summed E-state index contributed by atoms with van der Waals surface area (Å²) in [6, 6.07) is 8.43. The first-order valence-electron chi connectivity index (χ1n) is 8.34. The molecular formula is C20H19NO6. The van der Waals surface area contributed by atoms with Gasteiger partial charge >= 0.3 is 11.6 Å². The summed E-state index contributed by atoms with van der Waals surface area (Å²) in [5.74, 6) is -1.74. The van der Waals surface area contributed by atoms with E-state index in [4.69, 9.17) is 9.15 Å². The van der Waals surface area contributed by atoms with Gasteiger partial charge in [-0.05, 0) is 36.9 Å². The number of nitrogens with one attached hydrogen (secondary N) is 1. The summed E-state index contributed by atoms with van der Waals surface area (Å²) in [5.41, 5.74) is 0.381. The molecule has 0 spiro atoms. The van der Waals surface area contributed by atoms with Gasteiger partial charge in [0.2, 0.25) is 0 Å². The molecule has 3 aromatic rings. The molecule has 0 saturated heterocycles. The normalized spacial score (nSPS) is 12.1. The molecule has 0 saturated carbocycles. The van der Waals surface area contributed by atoms with E-state index in [9.17, 15) is 19.5 Å². The molecule has 7 nitrogen and oxygen atoms in total. The van der Waals surface area contributed by atoms with Crippen molar-refractivity contribution in [3.05, 3.63) is 73.6 Å². The number of fused-ring (bicyclic) bond motifs is 1. The molecule has 2 N–H and O–H groups in total. The highest BCUT2D eigenvalue weighted by atomic mass is 16.5. The predicted octanol–water partition coefficient (Wildman–Crippen LogP) is 2.50. The van der Waals surface area contributed by atoms with Crippen LogP contribution in [0.1, 0.15) is 34.8 Å². The van der Waals surface area contributed by atoms with E-state index in [0.717, 1.165) is 10.9 Å². The Labute approximate surface area is 154 Å². The number of carbonyl (C=O) groups is 1. The molecule has 7 heteroatoms. The molecule has 1 unspecified atom stereocenters. The van der Waals surface area contributed by atoms with Gasteiger partial charge in [0.15, 0.2) is 0 Å². The van der Waals surface area contributed by atoms with Crippen LogP contribution in [-0.2, 0) is 9.53 Å². The van der Waals surface area contributed by atoms with E-state index in [0.29, 0.717) is 5.52 Å². The SMILES string of the molecule is COC(=O)CC(c1cc2ccc(C)cc2[nH]c1=O)c1c(O)cc(C)oc1=O. The molecule has 27 heavy (non-hydrogen) atoms. The number of rotatable bonds is 4. The third kappa shape index (κ3) is 3.62. The van der Waals surface area contributed by atoms with Crippen LogP contribution in [0.5, 0.6) is 5.75 Å². The number of aryl methyl sites for hydroxylation is 2. The number of aromatic hydroxyl groups is 1. The Morgan fingerprint density at radius 2 is 1.96 bits per heavy atom. The maximum atomic E-state index is 12.7. The standard InChI is InChI=1S/C20H19NO6/c1-10-4-5-12-8-14(19(24)21-15(12)6-10)13(9-17(23)26-3)18-16(22)7-11(2)27-20(18)25/h4-8,13,22H,9H2,1-3H3,(H,21,24). The van der Waals surface area contributed by atoms with Gasteiger partial charge in [-0.25, -0.2) is 4.79 Å².